The summed E-state index contributed by atoms with van der Waals surface area (Å²) < 4.78 is 15.1. The number of amides is 3. The highest BCUT2D eigenvalue weighted by atomic mass is 35.5. The van der Waals surface area contributed by atoms with Crippen molar-refractivity contribution in [3.05, 3.63) is 109 Å². The molecule has 0 radical (unpaired) electrons. The predicted octanol–water partition coefficient (Wildman–Crippen LogP) is 6.43. The van der Waals surface area contributed by atoms with Gasteiger partial charge in [-0.3, -0.25) is 23.7 Å². The number of benzene rings is 3. The van der Waals surface area contributed by atoms with E-state index in [-0.39, 0.29) is 22.5 Å². The van der Waals surface area contributed by atoms with E-state index in [1.807, 2.05) is 24.3 Å². The van der Waals surface area contributed by atoms with Crippen LogP contribution in [0, 0.1) is 11.7 Å². The largest absolute Gasteiger partial charge is 0.325 e. The number of hydrogen-bond donors (Lipinski definition) is 1. The van der Waals surface area contributed by atoms with E-state index in [1.54, 1.807) is 24.3 Å². The van der Waals surface area contributed by atoms with E-state index >= 15 is 0 Å². The molecule has 7 nitrogen and oxygen atoms in total. The quantitative estimate of drug-likeness (QED) is 0.255. The van der Waals surface area contributed by atoms with Crippen molar-refractivity contribution in [2.24, 2.45) is 5.92 Å². The molecule has 11 heteroatoms. The number of nitrogens with one attached hydrogen (secondary N) is 1. The number of carbonyl (C=O) groups excluding carboxylic acids is 3. The third kappa shape index (κ3) is 5.43. The van der Waals surface area contributed by atoms with Crippen molar-refractivity contribution >= 4 is 63.8 Å². The van der Waals surface area contributed by atoms with E-state index in [1.165, 1.54) is 28.8 Å². The summed E-state index contributed by atoms with van der Waals surface area (Å²) in [6.07, 6.45) is 0. The number of thioether (sulfide) groups is 1. The average molecular weight is 636 g/mol. The Bertz CT molecular complexity index is 1790. The molecule has 1 N–H and O–H groups in total. The van der Waals surface area contributed by atoms with E-state index in [0.29, 0.717) is 20.6 Å². The minimum Gasteiger partial charge on any atom is -0.325 e. The first-order chi connectivity index (χ1) is 20.4. The van der Waals surface area contributed by atoms with Crippen molar-refractivity contribution in [1.82, 2.24) is 4.57 Å². The number of hydrogen-bond acceptors (Lipinski definition) is 6. The highest BCUT2D eigenvalue weighted by Crippen LogP contribution is 2.54. The molecular formula is C32H27ClFN3O4S2. The number of carbonyl (C=O) groups is 3. The molecule has 3 atom stereocenters. The van der Waals surface area contributed by atoms with Crippen LogP contribution in [-0.2, 0) is 26.3 Å². The zero-order chi connectivity index (χ0) is 30.6. The van der Waals surface area contributed by atoms with Crippen LogP contribution in [0.4, 0.5) is 15.8 Å². The van der Waals surface area contributed by atoms with Gasteiger partial charge in [0.25, 0.3) is 0 Å². The zero-order valence-electron chi connectivity index (χ0n) is 23.5. The van der Waals surface area contributed by atoms with Crippen LogP contribution in [0.5, 0.6) is 0 Å². The Morgan fingerprint density at radius 3 is 2.21 bits per heavy atom. The lowest BCUT2D eigenvalue weighted by atomic mass is 9.81. The second kappa shape index (κ2) is 11.1. The first-order valence-corrected chi connectivity index (χ1v) is 15.7. The van der Waals surface area contributed by atoms with Gasteiger partial charge in [0.1, 0.15) is 17.6 Å². The highest BCUT2D eigenvalue weighted by Gasteiger charge is 2.56. The fourth-order valence-corrected chi connectivity index (χ4v) is 8.43. The second-order valence-corrected chi connectivity index (χ2v) is 14.1. The highest BCUT2D eigenvalue weighted by molar-refractivity contribution is 8.00. The maximum atomic E-state index is 14.0. The monoisotopic (exact) mass is 635 g/mol. The van der Waals surface area contributed by atoms with Gasteiger partial charge in [0.2, 0.25) is 17.7 Å². The van der Waals surface area contributed by atoms with Crippen molar-refractivity contribution < 1.29 is 18.8 Å². The molecule has 6 rings (SSSR count). The van der Waals surface area contributed by atoms with Crippen LogP contribution in [0.15, 0.2) is 82.6 Å². The molecule has 0 bridgehead atoms. The van der Waals surface area contributed by atoms with Crippen LogP contribution >= 0.6 is 34.7 Å². The Hall–Kier alpha value is -3.73. The van der Waals surface area contributed by atoms with Crippen molar-refractivity contribution in [2.75, 3.05) is 10.2 Å². The summed E-state index contributed by atoms with van der Waals surface area (Å²) in [7, 11) is 0. The smallest absolute Gasteiger partial charge is 0.308 e. The number of rotatable bonds is 5. The van der Waals surface area contributed by atoms with Crippen LogP contribution in [-0.4, -0.2) is 27.5 Å². The van der Waals surface area contributed by atoms with Gasteiger partial charge in [0.15, 0.2) is 0 Å². The average Bonchev–Trinajstić information content (AvgIpc) is 3.40. The summed E-state index contributed by atoms with van der Waals surface area (Å²) in [5.74, 6) is -3.11. The van der Waals surface area contributed by atoms with Gasteiger partial charge in [-0.25, -0.2) is 9.29 Å². The molecule has 2 aliphatic heterocycles. The number of fused-ring (bicyclic) bond motifs is 2. The van der Waals surface area contributed by atoms with Crippen LogP contribution in [0.1, 0.15) is 42.7 Å². The Kier molecular flexibility index (Phi) is 7.56. The van der Waals surface area contributed by atoms with E-state index < -0.39 is 40.6 Å². The van der Waals surface area contributed by atoms with E-state index in [0.717, 1.165) is 39.1 Å². The number of nitrogens with zero attached hydrogens (tertiary/aromatic N) is 2. The maximum absolute atomic E-state index is 14.0. The van der Waals surface area contributed by atoms with Crippen LogP contribution < -0.4 is 15.1 Å². The number of thiazole rings is 1. The summed E-state index contributed by atoms with van der Waals surface area (Å²) in [4.78, 5) is 55.6. The van der Waals surface area contributed by atoms with Gasteiger partial charge in [-0.1, -0.05) is 79.7 Å². The molecule has 0 aliphatic carbocycles. The van der Waals surface area contributed by atoms with Gasteiger partial charge in [-0.05, 0) is 65.1 Å². The Labute approximate surface area is 260 Å². The van der Waals surface area contributed by atoms with Gasteiger partial charge in [0.05, 0.1) is 16.6 Å². The van der Waals surface area contributed by atoms with E-state index in [2.05, 4.69) is 26.1 Å². The molecule has 3 aromatic carbocycles. The minimum absolute atomic E-state index is 0.0985. The summed E-state index contributed by atoms with van der Waals surface area (Å²) in [6, 6.07) is 19.8. The van der Waals surface area contributed by atoms with Crippen molar-refractivity contribution in [3.8, 4) is 0 Å². The third-order valence-corrected chi connectivity index (χ3v) is 10.6. The van der Waals surface area contributed by atoms with Gasteiger partial charge >= 0.3 is 4.87 Å². The predicted molar refractivity (Wildman–Crippen MR) is 168 cm³/mol. The lowest BCUT2D eigenvalue weighted by Gasteiger charge is -2.31. The molecule has 1 aromatic heterocycles. The van der Waals surface area contributed by atoms with E-state index in [4.69, 9.17) is 11.6 Å². The Morgan fingerprint density at radius 2 is 1.58 bits per heavy atom. The minimum atomic E-state index is -0.836. The molecule has 2 unspecified atom stereocenters. The van der Waals surface area contributed by atoms with Crippen LogP contribution in [0.25, 0.3) is 0 Å². The molecule has 2 aliphatic rings. The van der Waals surface area contributed by atoms with Gasteiger partial charge in [-0.15, -0.1) is 0 Å². The third-order valence-electron chi connectivity index (χ3n) is 7.70. The molecule has 0 spiro atoms. The zero-order valence-corrected chi connectivity index (χ0v) is 25.9. The van der Waals surface area contributed by atoms with Crippen LogP contribution in [0.3, 0.4) is 0 Å². The number of anilines is 2. The summed E-state index contributed by atoms with van der Waals surface area (Å²) >= 11 is 8.07. The van der Waals surface area contributed by atoms with Gasteiger partial charge in [-0.2, -0.15) is 0 Å². The van der Waals surface area contributed by atoms with Crippen molar-refractivity contribution in [2.45, 2.75) is 48.9 Å². The molecule has 3 heterocycles. The lowest BCUT2D eigenvalue weighted by Crippen LogP contribution is -2.33. The summed E-state index contributed by atoms with van der Waals surface area (Å²) in [5.41, 5.74) is 2.62. The van der Waals surface area contributed by atoms with E-state index in [9.17, 15) is 23.6 Å². The Balaban J connectivity index is 1.41. The first kappa shape index (κ1) is 29.3. The summed E-state index contributed by atoms with van der Waals surface area (Å²) in [6.45, 7) is 6.05. The standard InChI is InChI=1S/C32H27ClFN3O4S2/c1-32(2,3)18-6-4-17(5-7-18)24-25-26(29(40)37(28(25)39)22-14-10-20(34)11-15-22)42-30-27(24)43-31(41)36(30)16-23(38)35-21-12-8-19(33)9-13-21/h4-15,24-26H,16H2,1-3H3,(H,35,38)/t24-,25?,26?/m1/s1. The van der Waals surface area contributed by atoms with Crippen LogP contribution in [0.2, 0.25) is 5.02 Å². The molecule has 3 amide bonds. The van der Waals surface area contributed by atoms with Gasteiger partial charge in [0, 0.05) is 21.5 Å². The van der Waals surface area contributed by atoms with Gasteiger partial charge < -0.3 is 5.32 Å². The second-order valence-electron chi connectivity index (χ2n) is 11.6. The van der Waals surface area contributed by atoms with Crippen molar-refractivity contribution in [3.63, 3.8) is 0 Å². The normalized spacial score (nSPS) is 19.7. The Morgan fingerprint density at radius 1 is 0.930 bits per heavy atom. The number of imide groups is 1. The molecule has 43 heavy (non-hydrogen) atoms. The molecule has 4 aromatic rings. The summed E-state index contributed by atoms with van der Waals surface area (Å²) in [5, 5.41) is 2.96. The molecule has 1 saturated heterocycles. The molecular weight excluding hydrogens is 609 g/mol. The lowest BCUT2D eigenvalue weighted by molar-refractivity contribution is -0.122. The maximum Gasteiger partial charge on any atom is 0.308 e. The fraction of sp³-hybridized carbons (Fsp3) is 0.250. The fourth-order valence-electron chi connectivity index (χ4n) is 5.53. The molecule has 0 saturated carbocycles. The topological polar surface area (TPSA) is 88.5 Å². The molecule has 1 fully saturated rings. The number of aromatic nitrogens is 1. The van der Waals surface area contributed by atoms with Crippen molar-refractivity contribution in [1.29, 1.82) is 0 Å². The first-order valence-electron chi connectivity index (χ1n) is 13.6. The number of halogens is 2. The molecule has 220 valence electrons. The SMILES string of the molecule is CC(C)(C)c1ccc([C@H]2c3sc(=O)n(CC(=O)Nc4ccc(Cl)cc4)c3SC3C(=O)N(c4ccc(F)cc4)C(=O)C32)cc1.